The van der Waals surface area contributed by atoms with Gasteiger partial charge in [-0.05, 0) is 25.1 Å². The number of aliphatic hydroxyl groups is 1. The number of hydrogen-bond donors (Lipinski definition) is 1. The fraction of sp³-hybridized carbons (Fsp3) is 0.154. The van der Waals surface area contributed by atoms with Crippen molar-refractivity contribution >= 4 is 17.0 Å². The molecule has 2 rings (SSSR count). The Kier molecular flexibility index (Phi) is 2.79. The molecule has 1 N–H and O–H groups in total. The second-order valence-corrected chi connectivity index (χ2v) is 3.53. The first-order valence-electron chi connectivity index (χ1n) is 4.98. The summed E-state index contributed by atoms with van der Waals surface area (Å²) in [4.78, 5) is 4.45. The highest BCUT2D eigenvalue weighted by molar-refractivity contribution is 5.79. The van der Waals surface area contributed by atoms with Crippen molar-refractivity contribution in [1.82, 2.24) is 4.98 Å². The zero-order valence-corrected chi connectivity index (χ0v) is 8.59. The van der Waals surface area contributed by atoms with Crippen molar-refractivity contribution in [3.8, 4) is 0 Å². The molecule has 1 unspecified atom stereocenters. The normalized spacial score (nSPS) is 13.5. The lowest BCUT2D eigenvalue weighted by atomic mass is 10.2. The Balaban J connectivity index is 2.39. The Hall–Kier alpha value is -1.67. The van der Waals surface area contributed by atoms with E-state index in [0.29, 0.717) is 0 Å². The number of pyridine rings is 1. The lowest BCUT2D eigenvalue weighted by Gasteiger charge is -1.98. The topological polar surface area (TPSA) is 33.1 Å². The van der Waals surface area contributed by atoms with Crippen LogP contribution in [0.15, 0.2) is 42.5 Å². The number of fused-ring (bicyclic) bond motifs is 1. The van der Waals surface area contributed by atoms with Crippen LogP contribution in [0.1, 0.15) is 12.6 Å². The molecule has 0 amide bonds. The quantitative estimate of drug-likeness (QED) is 0.806. The van der Waals surface area contributed by atoms with Gasteiger partial charge in [0.25, 0.3) is 0 Å². The molecule has 0 bridgehead atoms. The molecule has 1 aromatic carbocycles. The fourth-order valence-electron chi connectivity index (χ4n) is 1.41. The lowest BCUT2D eigenvalue weighted by molar-refractivity contribution is 0.245. The van der Waals surface area contributed by atoms with Crippen LogP contribution in [0.5, 0.6) is 0 Å². The predicted molar refractivity (Wildman–Crippen MR) is 62.5 cm³/mol. The summed E-state index contributed by atoms with van der Waals surface area (Å²) in [6.45, 7) is 1.72. The summed E-state index contributed by atoms with van der Waals surface area (Å²) in [6.07, 6.45) is 3.12. The molecule has 0 aliphatic carbocycles. The zero-order chi connectivity index (χ0) is 10.7. The average molecular weight is 199 g/mol. The van der Waals surface area contributed by atoms with E-state index in [9.17, 15) is 0 Å². The number of rotatable bonds is 2. The van der Waals surface area contributed by atoms with Gasteiger partial charge >= 0.3 is 0 Å². The van der Waals surface area contributed by atoms with Gasteiger partial charge in [0.15, 0.2) is 0 Å². The molecular weight excluding hydrogens is 186 g/mol. The summed E-state index contributed by atoms with van der Waals surface area (Å²) in [5, 5.41) is 10.2. The van der Waals surface area contributed by atoms with E-state index in [1.807, 2.05) is 42.5 Å². The number of aliphatic hydroxyl groups excluding tert-OH is 1. The molecule has 0 aliphatic rings. The number of aromatic nitrogens is 1. The Morgan fingerprint density at radius 3 is 2.80 bits per heavy atom. The molecular formula is C13H13NO. The maximum Gasteiger partial charge on any atom is 0.0709 e. The van der Waals surface area contributed by atoms with E-state index in [1.165, 1.54) is 0 Å². The molecule has 0 radical (unpaired) electrons. The molecule has 1 heterocycles. The first-order valence-corrected chi connectivity index (χ1v) is 4.98. The average Bonchev–Trinajstić information content (AvgIpc) is 2.26. The van der Waals surface area contributed by atoms with Crippen molar-refractivity contribution in [1.29, 1.82) is 0 Å². The SMILES string of the molecule is CC(O)C=Cc1ccc2ccccc2n1. The van der Waals surface area contributed by atoms with E-state index in [4.69, 9.17) is 5.11 Å². The lowest BCUT2D eigenvalue weighted by Crippen LogP contribution is -1.92. The van der Waals surface area contributed by atoms with Crippen molar-refractivity contribution in [2.75, 3.05) is 0 Å². The van der Waals surface area contributed by atoms with Crippen molar-refractivity contribution in [2.45, 2.75) is 13.0 Å². The number of nitrogens with zero attached hydrogens (tertiary/aromatic N) is 1. The molecule has 15 heavy (non-hydrogen) atoms. The highest BCUT2D eigenvalue weighted by atomic mass is 16.3. The van der Waals surface area contributed by atoms with Crippen molar-refractivity contribution in [3.05, 3.63) is 48.2 Å². The molecule has 0 saturated carbocycles. The third-order valence-corrected chi connectivity index (χ3v) is 2.17. The minimum Gasteiger partial charge on any atom is -0.389 e. The van der Waals surface area contributed by atoms with Gasteiger partial charge in [0.1, 0.15) is 0 Å². The Labute approximate surface area is 88.9 Å². The van der Waals surface area contributed by atoms with Crippen LogP contribution in [0, 0.1) is 0 Å². The molecule has 0 saturated heterocycles. The maximum absolute atomic E-state index is 9.11. The smallest absolute Gasteiger partial charge is 0.0709 e. The molecule has 1 atom stereocenters. The Bertz CT molecular complexity index is 489. The zero-order valence-electron chi connectivity index (χ0n) is 8.59. The summed E-state index contributed by atoms with van der Waals surface area (Å²) >= 11 is 0. The van der Waals surface area contributed by atoms with Gasteiger partial charge in [-0.25, -0.2) is 4.98 Å². The second kappa shape index (κ2) is 4.24. The van der Waals surface area contributed by atoms with Crippen molar-refractivity contribution in [3.63, 3.8) is 0 Å². The van der Waals surface area contributed by atoms with Gasteiger partial charge in [-0.1, -0.05) is 30.3 Å². The van der Waals surface area contributed by atoms with Gasteiger partial charge in [0.05, 0.1) is 17.3 Å². The minimum absolute atomic E-state index is 0.432. The van der Waals surface area contributed by atoms with E-state index >= 15 is 0 Å². The minimum atomic E-state index is -0.432. The van der Waals surface area contributed by atoms with Crippen molar-refractivity contribution < 1.29 is 5.11 Å². The van der Waals surface area contributed by atoms with Crippen LogP contribution in [0.3, 0.4) is 0 Å². The molecule has 2 aromatic rings. The number of hydrogen-bond acceptors (Lipinski definition) is 2. The van der Waals surface area contributed by atoms with E-state index in [0.717, 1.165) is 16.6 Å². The summed E-state index contributed by atoms with van der Waals surface area (Å²) < 4.78 is 0. The van der Waals surface area contributed by atoms with E-state index in [-0.39, 0.29) is 0 Å². The third-order valence-electron chi connectivity index (χ3n) is 2.17. The van der Waals surface area contributed by atoms with Crippen LogP contribution < -0.4 is 0 Å². The van der Waals surface area contributed by atoms with E-state index in [1.54, 1.807) is 13.0 Å². The predicted octanol–water partition coefficient (Wildman–Crippen LogP) is 2.63. The first kappa shape index (κ1) is 9.87. The second-order valence-electron chi connectivity index (χ2n) is 3.53. The fourth-order valence-corrected chi connectivity index (χ4v) is 1.41. The molecule has 1 aromatic heterocycles. The van der Waals surface area contributed by atoms with Gasteiger partial charge in [-0.15, -0.1) is 0 Å². The molecule has 0 fully saturated rings. The van der Waals surface area contributed by atoms with E-state index < -0.39 is 6.10 Å². The molecule has 0 spiro atoms. The summed E-state index contributed by atoms with van der Waals surface area (Å²) in [7, 11) is 0. The molecule has 2 heteroatoms. The summed E-state index contributed by atoms with van der Waals surface area (Å²) in [5.41, 5.74) is 1.85. The van der Waals surface area contributed by atoms with Gasteiger partial charge in [0.2, 0.25) is 0 Å². The highest BCUT2D eigenvalue weighted by Gasteiger charge is 1.94. The van der Waals surface area contributed by atoms with Crippen LogP contribution in [-0.2, 0) is 0 Å². The van der Waals surface area contributed by atoms with Gasteiger partial charge in [0, 0.05) is 5.39 Å². The van der Waals surface area contributed by atoms with Crippen LogP contribution >= 0.6 is 0 Å². The Morgan fingerprint density at radius 1 is 1.20 bits per heavy atom. The Morgan fingerprint density at radius 2 is 2.00 bits per heavy atom. The first-order chi connectivity index (χ1) is 7.25. The van der Waals surface area contributed by atoms with E-state index in [2.05, 4.69) is 4.98 Å². The van der Waals surface area contributed by atoms with Crippen LogP contribution in [0.2, 0.25) is 0 Å². The number of para-hydroxylation sites is 1. The molecule has 0 aliphatic heterocycles. The van der Waals surface area contributed by atoms with Gasteiger partial charge in [-0.3, -0.25) is 0 Å². The van der Waals surface area contributed by atoms with Crippen molar-refractivity contribution in [2.24, 2.45) is 0 Å². The largest absolute Gasteiger partial charge is 0.389 e. The highest BCUT2D eigenvalue weighted by Crippen LogP contribution is 2.12. The standard InChI is InChI=1S/C13H13NO/c1-10(15)6-8-12-9-7-11-4-2-3-5-13(11)14-12/h2-10,15H,1H3. The van der Waals surface area contributed by atoms with Gasteiger partial charge in [-0.2, -0.15) is 0 Å². The van der Waals surface area contributed by atoms with Crippen LogP contribution in [-0.4, -0.2) is 16.2 Å². The van der Waals surface area contributed by atoms with Crippen LogP contribution in [0.4, 0.5) is 0 Å². The summed E-state index contributed by atoms with van der Waals surface area (Å²) in [6, 6.07) is 12.0. The van der Waals surface area contributed by atoms with Gasteiger partial charge < -0.3 is 5.11 Å². The maximum atomic E-state index is 9.11. The van der Waals surface area contributed by atoms with Crippen LogP contribution in [0.25, 0.3) is 17.0 Å². The third kappa shape index (κ3) is 2.42. The monoisotopic (exact) mass is 199 g/mol. The summed E-state index contributed by atoms with van der Waals surface area (Å²) in [5.74, 6) is 0. The molecule has 76 valence electrons. The number of benzene rings is 1. The molecule has 2 nitrogen and oxygen atoms in total.